The Labute approximate surface area is 170 Å². The van der Waals surface area contributed by atoms with E-state index in [0.29, 0.717) is 10.8 Å². The monoisotopic (exact) mass is 405 g/mol. The van der Waals surface area contributed by atoms with E-state index in [9.17, 15) is 14.4 Å². The Hall–Kier alpha value is -3.45. The van der Waals surface area contributed by atoms with Gasteiger partial charge in [-0.05, 0) is 29.1 Å². The first kappa shape index (κ1) is 18.9. The third-order valence-electron chi connectivity index (χ3n) is 4.71. The predicted octanol–water partition coefficient (Wildman–Crippen LogP) is 3.05. The molecule has 4 aromatic rings. The molecule has 0 saturated heterocycles. The average Bonchev–Trinajstić information content (AvgIpc) is 3.29. The fourth-order valence-corrected chi connectivity index (χ4v) is 4.07. The minimum absolute atomic E-state index is 0.0723. The van der Waals surface area contributed by atoms with Crippen LogP contribution in [0.15, 0.2) is 81.7 Å². The maximum absolute atomic E-state index is 12.6. The van der Waals surface area contributed by atoms with Gasteiger partial charge in [0.25, 0.3) is 11.1 Å². The molecule has 29 heavy (non-hydrogen) atoms. The van der Waals surface area contributed by atoms with Crippen molar-refractivity contribution in [1.29, 1.82) is 0 Å². The molecule has 0 saturated carbocycles. The van der Waals surface area contributed by atoms with E-state index in [2.05, 4.69) is 10.4 Å². The second kappa shape index (κ2) is 8.28. The van der Waals surface area contributed by atoms with Gasteiger partial charge in [-0.15, -0.1) is 11.3 Å². The van der Waals surface area contributed by atoms with E-state index in [1.807, 2.05) is 47.8 Å². The maximum Gasteiger partial charge on any atom is 0.273 e. The molecule has 0 spiro atoms. The van der Waals surface area contributed by atoms with E-state index in [-0.39, 0.29) is 36.0 Å². The number of carbonyl (C=O) groups excluding carboxylic acids is 1. The first-order valence-corrected chi connectivity index (χ1v) is 10.1. The molecule has 146 valence electrons. The van der Waals surface area contributed by atoms with Gasteiger partial charge in [0.05, 0.1) is 23.4 Å². The summed E-state index contributed by atoms with van der Waals surface area (Å²) in [7, 11) is 0. The summed E-state index contributed by atoms with van der Waals surface area (Å²) in [5.74, 6) is -0.201. The second-order valence-electron chi connectivity index (χ2n) is 6.62. The maximum atomic E-state index is 12.6. The van der Waals surface area contributed by atoms with Crippen molar-refractivity contribution in [2.45, 2.75) is 19.0 Å². The molecule has 1 atom stereocenters. The summed E-state index contributed by atoms with van der Waals surface area (Å²) in [5.41, 5.74) is 0.326. The number of thiophene rings is 1. The average molecular weight is 405 g/mol. The van der Waals surface area contributed by atoms with Crippen LogP contribution in [0, 0.1) is 0 Å². The van der Waals surface area contributed by atoms with Crippen LogP contribution in [0.5, 0.6) is 0 Å². The number of rotatable bonds is 6. The van der Waals surface area contributed by atoms with Crippen LogP contribution in [0.3, 0.4) is 0 Å². The lowest BCUT2D eigenvalue weighted by Gasteiger charge is -2.18. The highest BCUT2D eigenvalue weighted by Gasteiger charge is 2.18. The molecule has 0 radical (unpaired) electrons. The van der Waals surface area contributed by atoms with Crippen molar-refractivity contribution in [2.75, 3.05) is 0 Å². The highest BCUT2D eigenvalue weighted by atomic mass is 32.1. The van der Waals surface area contributed by atoms with Crippen molar-refractivity contribution in [3.8, 4) is 0 Å². The van der Waals surface area contributed by atoms with Gasteiger partial charge in [0, 0.05) is 11.3 Å². The number of aromatic nitrogens is 2. The standard InChI is InChI=1S/C22H19N3O3S/c26-19(23-20(18-11-6-14-29-18)15-7-2-1-3-8-15)12-13-25-22(28)17-10-5-4-9-16(17)21(27)24-25/h1-11,14,20H,12-13H2,(H,23,26)(H,24,27)/t20-/m0/s1. The lowest BCUT2D eigenvalue weighted by molar-refractivity contribution is -0.121. The lowest BCUT2D eigenvalue weighted by Crippen LogP contribution is -2.33. The molecule has 4 rings (SSSR count). The first-order valence-electron chi connectivity index (χ1n) is 9.23. The van der Waals surface area contributed by atoms with Crippen molar-refractivity contribution < 1.29 is 4.79 Å². The Kier molecular flexibility index (Phi) is 5.39. The van der Waals surface area contributed by atoms with Crippen LogP contribution in [0.25, 0.3) is 10.8 Å². The summed E-state index contributed by atoms with van der Waals surface area (Å²) in [4.78, 5) is 38.5. The van der Waals surface area contributed by atoms with Gasteiger partial charge in [0.1, 0.15) is 0 Å². The SMILES string of the molecule is O=C(CCn1[nH]c(=O)c2ccccc2c1=O)N[C@@H](c1ccccc1)c1cccs1. The summed E-state index contributed by atoms with van der Waals surface area (Å²) in [5, 5.41) is 8.26. The molecule has 2 N–H and O–H groups in total. The molecule has 7 heteroatoms. The predicted molar refractivity (Wildman–Crippen MR) is 114 cm³/mol. The van der Waals surface area contributed by atoms with Gasteiger partial charge < -0.3 is 5.32 Å². The van der Waals surface area contributed by atoms with Gasteiger partial charge in [-0.3, -0.25) is 19.5 Å². The topological polar surface area (TPSA) is 84.0 Å². The number of nitrogens with one attached hydrogen (secondary N) is 2. The fourth-order valence-electron chi connectivity index (χ4n) is 3.27. The number of H-pyrrole nitrogens is 1. The molecule has 0 bridgehead atoms. The van der Waals surface area contributed by atoms with Crippen LogP contribution in [-0.4, -0.2) is 15.7 Å². The van der Waals surface area contributed by atoms with E-state index in [1.165, 1.54) is 4.68 Å². The van der Waals surface area contributed by atoms with Gasteiger partial charge in [-0.25, -0.2) is 4.68 Å². The largest absolute Gasteiger partial charge is 0.344 e. The molecule has 2 heterocycles. The van der Waals surface area contributed by atoms with Crippen molar-refractivity contribution in [3.05, 3.63) is 103 Å². The van der Waals surface area contributed by atoms with E-state index in [0.717, 1.165) is 10.4 Å². The summed E-state index contributed by atoms with van der Waals surface area (Å²) >= 11 is 1.57. The summed E-state index contributed by atoms with van der Waals surface area (Å²) in [6.07, 6.45) is 0.0723. The van der Waals surface area contributed by atoms with E-state index in [1.54, 1.807) is 35.6 Å². The summed E-state index contributed by atoms with van der Waals surface area (Å²) in [6, 6.07) is 20.1. The van der Waals surface area contributed by atoms with Crippen molar-refractivity contribution in [1.82, 2.24) is 15.1 Å². The molecular formula is C22H19N3O3S. The zero-order chi connectivity index (χ0) is 20.2. The van der Waals surface area contributed by atoms with E-state index >= 15 is 0 Å². The molecule has 2 aromatic carbocycles. The second-order valence-corrected chi connectivity index (χ2v) is 7.60. The van der Waals surface area contributed by atoms with Crippen molar-refractivity contribution in [2.24, 2.45) is 0 Å². The number of hydrogen-bond acceptors (Lipinski definition) is 4. The minimum Gasteiger partial charge on any atom is -0.344 e. The molecule has 0 aliphatic heterocycles. The molecule has 0 unspecified atom stereocenters. The van der Waals surface area contributed by atoms with Crippen molar-refractivity contribution in [3.63, 3.8) is 0 Å². The van der Waals surface area contributed by atoms with Crippen LogP contribution >= 0.6 is 11.3 Å². The van der Waals surface area contributed by atoms with Crippen LogP contribution in [-0.2, 0) is 11.3 Å². The number of aromatic amines is 1. The molecule has 2 aromatic heterocycles. The Morgan fingerprint density at radius 1 is 0.966 bits per heavy atom. The number of benzene rings is 2. The van der Waals surface area contributed by atoms with Gasteiger partial charge in [0.15, 0.2) is 0 Å². The number of fused-ring (bicyclic) bond motifs is 1. The van der Waals surface area contributed by atoms with Crippen molar-refractivity contribution >= 4 is 28.0 Å². The summed E-state index contributed by atoms with van der Waals surface area (Å²) in [6.45, 7) is 0.0939. The number of nitrogens with zero attached hydrogens (tertiary/aromatic N) is 1. The normalized spacial score (nSPS) is 12.0. The smallest absolute Gasteiger partial charge is 0.273 e. The number of carbonyl (C=O) groups is 1. The van der Waals surface area contributed by atoms with Crippen LogP contribution in [0.2, 0.25) is 0 Å². The number of aryl methyl sites for hydroxylation is 1. The highest BCUT2D eigenvalue weighted by Crippen LogP contribution is 2.25. The van der Waals surface area contributed by atoms with Gasteiger partial charge >= 0.3 is 0 Å². The molecule has 0 aliphatic rings. The molecular weight excluding hydrogens is 386 g/mol. The van der Waals surface area contributed by atoms with Gasteiger partial charge in [-0.1, -0.05) is 48.5 Å². The Morgan fingerprint density at radius 3 is 2.41 bits per heavy atom. The molecule has 6 nitrogen and oxygen atoms in total. The van der Waals surface area contributed by atoms with E-state index in [4.69, 9.17) is 0 Å². The Morgan fingerprint density at radius 2 is 1.69 bits per heavy atom. The molecule has 0 aliphatic carbocycles. The van der Waals surface area contributed by atoms with Gasteiger partial charge in [0.2, 0.25) is 5.91 Å². The van der Waals surface area contributed by atoms with E-state index < -0.39 is 0 Å². The number of hydrogen-bond donors (Lipinski definition) is 2. The van der Waals surface area contributed by atoms with Gasteiger partial charge in [-0.2, -0.15) is 0 Å². The van der Waals surface area contributed by atoms with Crippen LogP contribution in [0.4, 0.5) is 0 Å². The third-order valence-corrected chi connectivity index (χ3v) is 5.65. The highest BCUT2D eigenvalue weighted by molar-refractivity contribution is 7.10. The Balaban J connectivity index is 1.52. The van der Waals surface area contributed by atoms with Crippen LogP contribution in [0.1, 0.15) is 22.9 Å². The zero-order valence-electron chi connectivity index (χ0n) is 15.5. The molecule has 0 fully saturated rings. The summed E-state index contributed by atoms with van der Waals surface area (Å²) < 4.78 is 1.20. The van der Waals surface area contributed by atoms with Crippen LogP contribution < -0.4 is 16.4 Å². The quantitative estimate of drug-likeness (QED) is 0.517. The Bertz CT molecular complexity index is 1240. The fraction of sp³-hybridized carbons (Fsp3) is 0.136. The lowest BCUT2D eigenvalue weighted by atomic mass is 10.1. The minimum atomic E-state index is -0.346. The zero-order valence-corrected chi connectivity index (χ0v) is 16.3. The first-order chi connectivity index (χ1) is 14.1. The number of amides is 1. The third kappa shape index (κ3) is 4.05. The molecule has 1 amide bonds.